The quantitative estimate of drug-likeness (QED) is 0.675. The molecule has 0 atom stereocenters. The molecule has 0 spiro atoms. The lowest BCUT2D eigenvalue weighted by Gasteiger charge is -2.05. The molecule has 0 fully saturated rings. The second kappa shape index (κ2) is 7.44. The number of amides is 1. The van der Waals surface area contributed by atoms with E-state index in [9.17, 15) is 9.59 Å². The van der Waals surface area contributed by atoms with Crippen LogP contribution in [0.25, 0.3) is 10.2 Å². The molecule has 6 heteroatoms. The smallest absolute Gasteiger partial charge is 0.326 e. The maximum absolute atomic E-state index is 12.5. The Morgan fingerprint density at radius 2 is 1.84 bits per heavy atom. The van der Waals surface area contributed by atoms with Crippen LogP contribution in [0.5, 0.6) is 0 Å². The van der Waals surface area contributed by atoms with Gasteiger partial charge in [0.2, 0.25) is 0 Å². The van der Waals surface area contributed by atoms with Crippen molar-refractivity contribution >= 4 is 33.4 Å². The maximum Gasteiger partial charge on any atom is 0.326 e. The number of nitrogens with zero attached hydrogens (tertiary/aromatic N) is 2. The molecule has 0 aliphatic heterocycles. The topological polar surface area (TPSA) is 60.7 Å². The van der Waals surface area contributed by atoms with Crippen molar-refractivity contribution in [1.29, 1.82) is 0 Å². The lowest BCUT2D eigenvalue weighted by Crippen LogP contribution is -2.23. The summed E-state index contributed by atoms with van der Waals surface area (Å²) < 4.78 is 7.73. The standard InChI is InChI=1S/C19H18N2O3S/c1-3-24-17(22)12-21-15-6-4-5-7-16(15)25-19(21)20-18(23)14-10-8-13(2)9-11-14/h4-11H,3,12H2,1-2H3. The van der Waals surface area contributed by atoms with Gasteiger partial charge in [-0.15, -0.1) is 0 Å². The normalized spacial score (nSPS) is 11.7. The molecule has 5 nitrogen and oxygen atoms in total. The van der Waals surface area contributed by atoms with E-state index in [0.717, 1.165) is 15.8 Å². The van der Waals surface area contributed by atoms with Gasteiger partial charge < -0.3 is 9.30 Å². The molecule has 128 valence electrons. The highest BCUT2D eigenvalue weighted by Crippen LogP contribution is 2.17. The molecule has 2 aromatic carbocycles. The number of hydrogen-bond acceptors (Lipinski definition) is 4. The summed E-state index contributed by atoms with van der Waals surface area (Å²) in [6.07, 6.45) is 0. The fourth-order valence-corrected chi connectivity index (χ4v) is 3.47. The Kier molecular flexibility index (Phi) is 5.09. The number of carbonyl (C=O) groups excluding carboxylic acids is 2. The molecule has 1 heterocycles. The zero-order valence-electron chi connectivity index (χ0n) is 14.1. The van der Waals surface area contributed by atoms with Crippen molar-refractivity contribution in [3.63, 3.8) is 0 Å². The van der Waals surface area contributed by atoms with E-state index in [1.54, 1.807) is 23.6 Å². The summed E-state index contributed by atoms with van der Waals surface area (Å²) in [6.45, 7) is 4.07. The Labute approximate surface area is 149 Å². The van der Waals surface area contributed by atoms with Gasteiger partial charge in [-0.25, -0.2) is 0 Å². The van der Waals surface area contributed by atoms with Gasteiger partial charge in [-0.2, -0.15) is 4.99 Å². The molecular weight excluding hydrogens is 336 g/mol. The van der Waals surface area contributed by atoms with E-state index < -0.39 is 0 Å². The van der Waals surface area contributed by atoms with Crippen LogP contribution in [0.1, 0.15) is 22.8 Å². The number of aromatic nitrogens is 1. The number of hydrogen-bond donors (Lipinski definition) is 0. The number of esters is 1. The first kappa shape index (κ1) is 17.1. The molecule has 1 aromatic heterocycles. The zero-order chi connectivity index (χ0) is 17.8. The third-order valence-corrected chi connectivity index (χ3v) is 4.74. The summed E-state index contributed by atoms with van der Waals surface area (Å²) in [7, 11) is 0. The zero-order valence-corrected chi connectivity index (χ0v) is 14.9. The summed E-state index contributed by atoms with van der Waals surface area (Å²) in [4.78, 5) is 29.1. The summed E-state index contributed by atoms with van der Waals surface area (Å²) >= 11 is 1.38. The van der Waals surface area contributed by atoms with Crippen molar-refractivity contribution in [2.24, 2.45) is 4.99 Å². The van der Waals surface area contributed by atoms with E-state index >= 15 is 0 Å². The van der Waals surface area contributed by atoms with Crippen LogP contribution >= 0.6 is 11.3 Å². The first-order valence-electron chi connectivity index (χ1n) is 7.98. The predicted molar refractivity (Wildman–Crippen MR) is 97.5 cm³/mol. The number of ether oxygens (including phenoxy) is 1. The number of carbonyl (C=O) groups is 2. The molecule has 0 unspecified atom stereocenters. The Morgan fingerprint density at radius 3 is 2.56 bits per heavy atom. The second-order valence-corrected chi connectivity index (χ2v) is 6.54. The van der Waals surface area contributed by atoms with Gasteiger partial charge in [0.05, 0.1) is 16.8 Å². The fourth-order valence-electron chi connectivity index (χ4n) is 2.44. The number of thiazole rings is 1. The van der Waals surface area contributed by atoms with Gasteiger partial charge in [0.1, 0.15) is 6.54 Å². The van der Waals surface area contributed by atoms with Crippen LogP contribution in [0.3, 0.4) is 0 Å². The van der Waals surface area contributed by atoms with Crippen molar-refractivity contribution in [1.82, 2.24) is 4.57 Å². The van der Waals surface area contributed by atoms with E-state index in [0.29, 0.717) is 17.0 Å². The van der Waals surface area contributed by atoms with E-state index in [2.05, 4.69) is 4.99 Å². The van der Waals surface area contributed by atoms with Gasteiger partial charge >= 0.3 is 5.97 Å². The SMILES string of the molecule is CCOC(=O)Cn1c(=NC(=O)c2ccc(C)cc2)sc2ccccc21. The Morgan fingerprint density at radius 1 is 1.12 bits per heavy atom. The summed E-state index contributed by atoms with van der Waals surface area (Å²) in [5.74, 6) is -0.681. The third kappa shape index (κ3) is 3.85. The van der Waals surface area contributed by atoms with Crippen LogP contribution < -0.4 is 4.80 Å². The molecule has 3 rings (SSSR count). The highest BCUT2D eigenvalue weighted by Gasteiger charge is 2.12. The lowest BCUT2D eigenvalue weighted by atomic mass is 10.1. The number of rotatable bonds is 4. The van der Waals surface area contributed by atoms with E-state index in [-0.39, 0.29) is 18.4 Å². The number of para-hydroxylation sites is 1. The van der Waals surface area contributed by atoms with Crippen molar-refractivity contribution in [2.75, 3.05) is 6.61 Å². The van der Waals surface area contributed by atoms with Crippen LogP contribution in [0, 0.1) is 6.92 Å². The van der Waals surface area contributed by atoms with E-state index in [1.807, 2.05) is 43.3 Å². The van der Waals surface area contributed by atoms with Gasteiger partial charge in [0.25, 0.3) is 5.91 Å². The molecule has 25 heavy (non-hydrogen) atoms. The number of fused-ring (bicyclic) bond motifs is 1. The Hall–Kier alpha value is -2.73. The molecule has 0 aliphatic carbocycles. The van der Waals surface area contributed by atoms with E-state index in [1.165, 1.54) is 11.3 Å². The molecular formula is C19H18N2O3S. The van der Waals surface area contributed by atoms with Gasteiger partial charge in [0, 0.05) is 5.56 Å². The average Bonchev–Trinajstić information content (AvgIpc) is 2.93. The lowest BCUT2D eigenvalue weighted by molar-refractivity contribution is -0.143. The summed E-state index contributed by atoms with van der Waals surface area (Å²) in [5, 5.41) is 0. The minimum atomic E-state index is -0.352. The van der Waals surface area contributed by atoms with Crippen LogP contribution in [0.15, 0.2) is 53.5 Å². The first-order chi connectivity index (χ1) is 12.1. The van der Waals surface area contributed by atoms with Crippen molar-refractivity contribution in [2.45, 2.75) is 20.4 Å². The van der Waals surface area contributed by atoms with Crippen LogP contribution in [0.4, 0.5) is 0 Å². The molecule has 0 aliphatic rings. The highest BCUT2D eigenvalue weighted by molar-refractivity contribution is 7.16. The minimum Gasteiger partial charge on any atom is -0.465 e. The molecule has 0 saturated heterocycles. The van der Waals surface area contributed by atoms with E-state index in [4.69, 9.17) is 4.74 Å². The minimum absolute atomic E-state index is 0.0257. The van der Waals surface area contributed by atoms with Gasteiger partial charge in [0.15, 0.2) is 4.80 Å². The fraction of sp³-hybridized carbons (Fsp3) is 0.211. The largest absolute Gasteiger partial charge is 0.465 e. The van der Waals surface area contributed by atoms with Crippen LogP contribution in [0.2, 0.25) is 0 Å². The number of aryl methyl sites for hydroxylation is 1. The second-order valence-electron chi connectivity index (χ2n) is 5.53. The summed E-state index contributed by atoms with van der Waals surface area (Å²) in [6, 6.07) is 14.9. The van der Waals surface area contributed by atoms with Gasteiger partial charge in [-0.3, -0.25) is 9.59 Å². The third-order valence-electron chi connectivity index (χ3n) is 3.68. The first-order valence-corrected chi connectivity index (χ1v) is 8.80. The molecule has 0 N–H and O–H groups in total. The molecule has 3 aromatic rings. The molecule has 1 amide bonds. The average molecular weight is 354 g/mol. The van der Waals surface area contributed by atoms with Gasteiger partial charge in [-0.05, 0) is 38.1 Å². The summed E-state index contributed by atoms with van der Waals surface area (Å²) in [5.41, 5.74) is 2.46. The molecule has 0 saturated carbocycles. The van der Waals surface area contributed by atoms with Crippen molar-refractivity contribution < 1.29 is 14.3 Å². The highest BCUT2D eigenvalue weighted by atomic mass is 32.1. The Bertz CT molecular complexity index is 984. The van der Waals surface area contributed by atoms with Crippen molar-refractivity contribution in [3.8, 4) is 0 Å². The monoisotopic (exact) mass is 354 g/mol. The van der Waals surface area contributed by atoms with Gasteiger partial charge in [-0.1, -0.05) is 41.2 Å². The van der Waals surface area contributed by atoms with Crippen LogP contribution in [-0.4, -0.2) is 23.1 Å². The molecule has 0 bridgehead atoms. The predicted octanol–water partition coefficient (Wildman–Crippen LogP) is 3.32. The van der Waals surface area contributed by atoms with Crippen molar-refractivity contribution in [3.05, 3.63) is 64.5 Å². The van der Waals surface area contributed by atoms with Crippen LogP contribution in [-0.2, 0) is 16.1 Å². The Balaban J connectivity index is 2.06. The molecule has 0 radical (unpaired) electrons. The number of benzene rings is 2. The maximum atomic E-state index is 12.5.